The summed E-state index contributed by atoms with van der Waals surface area (Å²) in [4.78, 5) is 12.8. The molecule has 1 aromatic rings. The normalized spacial score (nSPS) is 22.9. The van der Waals surface area contributed by atoms with Crippen molar-refractivity contribution in [2.45, 2.75) is 72.0 Å². The van der Waals surface area contributed by atoms with E-state index in [0.29, 0.717) is 18.4 Å². The highest BCUT2D eigenvalue weighted by atomic mass is 16.5. The third kappa shape index (κ3) is 3.88. The Morgan fingerprint density at radius 1 is 1.38 bits per heavy atom. The highest BCUT2D eigenvalue weighted by Gasteiger charge is 2.43. The summed E-state index contributed by atoms with van der Waals surface area (Å²) in [6.45, 7) is 9.52. The molecule has 0 spiro atoms. The van der Waals surface area contributed by atoms with Crippen LogP contribution in [-0.2, 0) is 6.42 Å². The van der Waals surface area contributed by atoms with Gasteiger partial charge >= 0.3 is 0 Å². The smallest absolute Gasteiger partial charge is 0.173 e. The fourth-order valence-electron chi connectivity index (χ4n) is 3.23. The van der Waals surface area contributed by atoms with E-state index in [1.54, 1.807) is 13.8 Å². The summed E-state index contributed by atoms with van der Waals surface area (Å²) in [5, 5.41) is 31.1. The molecule has 0 radical (unpaired) electrons. The predicted molar refractivity (Wildman–Crippen MR) is 101 cm³/mol. The van der Waals surface area contributed by atoms with Gasteiger partial charge in [-0.1, -0.05) is 25.5 Å². The van der Waals surface area contributed by atoms with Crippen LogP contribution in [0.3, 0.4) is 0 Å². The van der Waals surface area contributed by atoms with Gasteiger partial charge in [0.25, 0.3) is 0 Å². The zero-order valence-corrected chi connectivity index (χ0v) is 16.3. The van der Waals surface area contributed by atoms with Crippen molar-refractivity contribution < 1.29 is 24.9 Å². The van der Waals surface area contributed by atoms with E-state index in [2.05, 4.69) is 6.08 Å². The lowest BCUT2D eigenvalue weighted by atomic mass is 9.83. The van der Waals surface area contributed by atoms with E-state index in [4.69, 9.17) is 4.74 Å². The van der Waals surface area contributed by atoms with Gasteiger partial charge in [0.2, 0.25) is 0 Å². The van der Waals surface area contributed by atoms with Crippen molar-refractivity contribution in [1.82, 2.24) is 0 Å². The average molecular weight is 362 g/mol. The molecule has 0 saturated heterocycles. The maximum atomic E-state index is 12.8. The second-order valence-electron chi connectivity index (χ2n) is 7.73. The molecule has 5 nitrogen and oxygen atoms in total. The molecule has 0 amide bonds. The van der Waals surface area contributed by atoms with Crippen LogP contribution in [0.5, 0.6) is 17.2 Å². The molecule has 1 aliphatic rings. The fraction of sp³-hybridized carbons (Fsp3) is 0.571. The number of rotatable bonds is 6. The SMILES string of the molecule is CCC(C)C(=O)c1c(O)cc(O)c2c1O[C@](C)(CCC=C(C)C)[C@@H](O)C2. The first kappa shape index (κ1) is 20.3. The molecule has 3 N–H and O–H groups in total. The van der Waals surface area contributed by atoms with Crippen molar-refractivity contribution in [3.63, 3.8) is 0 Å². The molecule has 5 heteroatoms. The number of carbonyl (C=O) groups excluding carboxylic acids is 1. The summed E-state index contributed by atoms with van der Waals surface area (Å²) in [6, 6.07) is 1.16. The molecular weight excluding hydrogens is 332 g/mol. The second kappa shape index (κ2) is 7.70. The molecule has 0 aromatic heterocycles. The molecule has 0 saturated carbocycles. The molecule has 144 valence electrons. The minimum absolute atomic E-state index is 0.104. The number of hydrogen-bond acceptors (Lipinski definition) is 5. The van der Waals surface area contributed by atoms with Crippen LogP contribution in [0.2, 0.25) is 0 Å². The zero-order valence-electron chi connectivity index (χ0n) is 16.3. The number of aliphatic hydroxyl groups excluding tert-OH is 1. The van der Waals surface area contributed by atoms with E-state index >= 15 is 0 Å². The topological polar surface area (TPSA) is 87.0 Å². The van der Waals surface area contributed by atoms with Crippen molar-refractivity contribution >= 4 is 5.78 Å². The standard InChI is InChI=1S/C21H30O5/c1-6-13(4)19(25)18-16(23)11-15(22)14-10-17(24)21(5,26-20(14)18)9-7-8-12(2)3/h8,11,13,17,22-24H,6-7,9-10H2,1-5H3/t13?,17-,21+/m0/s1. The van der Waals surface area contributed by atoms with Crippen LogP contribution in [0.25, 0.3) is 0 Å². The Kier molecular flexibility index (Phi) is 6.02. The van der Waals surface area contributed by atoms with Crippen molar-refractivity contribution in [2.75, 3.05) is 0 Å². The van der Waals surface area contributed by atoms with E-state index in [1.165, 1.54) is 5.57 Å². The molecule has 2 rings (SSSR count). The Morgan fingerprint density at radius 2 is 2.04 bits per heavy atom. The summed E-state index contributed by atoms with van der Waals surface area (Å²) >= 11 is 0. The van der Waals surface area contributed by atoms with Crippen LogP contribution < -0.4 is 4.74 Å². The van der Waals surface area contributed by atoms with E-state index < -0.39 is 11.7 Å². The van der Waals surface area contributed by atoms with Crippen molar-refractivity contribution in [3.8, 4) is 17.2 Å². The summed E-state index contributed by atoms with van der Waals surface area (Å²) in [5.41, 5.74) is 0.764. The maximum Gasteiger partial charge on any atom is 0.173 e. The highest BCUT2D eigenvalue weighted by Crippen LogP contribution is 2.46. The Morgan fingerprint density at radius 3 is 2.62 bits per heavy atom. The van der Waals surface area contributed by atoms with Gasteiger partial charge in [0.05, 0.1) is 6.10 Å². The zero-order chi connectivity index (χ0) is 19.6. The van der Waals surface area contributed by atoms with Crippen LogP contribution in [0, 0.1) is 5.92 Å². The lowest BCUT2D eigenvalue weighted by Gasteiger charge is -2.41. The number of aliphatic hydroxyl groups is 1. The van der Waals surface area contributed by atoms with Gasteiger partial charge in [0, 0.05) is 24.0 Å². The third-order valence-electron chi connectivity index (χ3n) is 5.28. The number of hydrogen-bond donors (Lipinski definition) is 3. The number of benzene rings is 1. The molecule has 0 bridgehead atoms. The van der Waals surface area contributed by atoms with Crippen LogP contribution in [-0.4, -0.2) is 32.8 Å². The van der Waals surface area contributed by atoms with E-state index in [0.717, 1.165) is 12.5 Å². The lowest BCUT2D eigenvalue weighted by Crippen LogP contribution is -2.49. The quantitative estimate of drug-likeness (QED) is 0.523. The summed E-state index contributed by atoms with van der Waals surface area (Å²) < 4.78 is 6.10. The summed E-state index contributed by atoms with van der Waals surface area (Å²) in [7, 11) is 0. The van der Waals surface area contributed by atoms with Gasteiger partial charge in [-0.2, -0.15) is 0 Å². The maximum absolute atomic E-state index is 12.8. The Bertz CT molecular complexity index is 718. The van der Waals surface area contributed by atoms with Crippen molar-refractivity contribution in [3.05, 3.63) is 28.8 Å². The van der Waals surface area contributed by atoms with Crippen LogP contribution in [0.15, 0.2) is 17.7 Å². The van der Waals surface area contributed by atoms with Crippen molar-refractivity contribution in [2.24, 2.45) is 5.92 Å². The summed E-state index contributed by atoms with van der Waals surface area (Å²) in [6.07, 6.45) is 3.35. The second-order valence-corrected chi connectivity index (χ2v) is 7.73. The largest absolute Gasteiger partial charge is 0.507 e. The first-order chi connectivity index (χ1) is 12.1. The lowest BCUT2D eigenvalue weighted by molar-refractivity contribution is -0.0597. The molecule has 1 heterocycles. The molecule has 1 aliphatic heterocycles. The Balaban J connectivity index is 2.49. The number of Topliss-reactive ketones (excluding diaryl/α,β-unsaturated/α-hetero) is 1. The van der Waals surface area contributed by atoms with E-state index in [-0.39, 0.29) is 40.9 Å². The van der Waals surface area contributed by atoms with Crippen LogP contribution in [0.1, 0.15) is 69.8 Å². The average Bonchev–Trinajstić information content (AvgIpc) is 2.55. The number of allylic oxidation sites excluding steroid dienone is 2. The van der Waals surface area contributed by atoms with E-state index in [9.17, 15) is 20.1 Å². The number of ketones is 1. The number of aromatic hydroxyl groups is 2. The summed E-state index contributed by atoms with van der Waals surface area (Å²) in [5.74, 6) is -0.734. The number of carbonyl (C=O) groups is 1. The van der Waals surface area contributed by atoms with Gasteiger partial charge < -0.3 is 20.1 Å². The molecule has 26 heavy (non-hydrogen) atoms. The predicted octanol–water partition coefficient (Wildman–Crippen LogP) is 4.13. The van der Waals surface area contributed by atoms with Gasteiger partial charge in [-0.15, -0.1) is 0 Å². The third-order valence-corrected chi connectivity index (χ3v) is 5.28. The van der Waals surface area contributed by atoms with Gasteiger partial charge in [-0.25, -0.2) is 0 Å². The van der Waals surface area contributed by atoms with Gasteiger partial charge in [-0.3, -0.25) is 4.79 Å². The Hall–Kier alpha value is -2.01. The minimum Gasteiger partial charge on any atom is -0.507 e. The van der Waals surface area contributed by atoms with Gasteiger partial charge in [-0.05, 0) is 40.0 Å². The van der Waals surface area contributed by atoms with Gasteiger partial charge in [0.15, 0.2) is 5.78 Å². The monoisotopic (exact) mass is 362 g/mol. The first-order valence-corrected chi connectivity index (χ1v) is 9.23. The molecule has 0 fully saturated rings. The first-order valence-electron chi connectivity index (χ1n) is 9.23. The van der Waals surface area contributed by atoms with E-state index in [1.807, 2.05) is 20.8 Å². The molecule has 1 aromatic carbocycles. The number of fused-ring (bicyclic) bond motifs is 1. The fourth-order valence-corrected chi connectivity index (χ4v) is 3.23. The molecule has 0 aliphatic carbocycles. The number of phenols is 2. The van der Waals surface area contributed by atoms with Crippen LogP contribution >= 0.6 is 0 Å². The van der Waals surface area contributed by atoms with Crippen molar-refractivity contribution in [1.29, 1.82) is 0 Å². The number of ether oxygens (including phenoxy) is 1. The molecule has 1 unspecified atom stereocenters. The minimum atomic E-state index is -0.899. The molecule has 3 atom stereocenters. The number of phenolic OH excluding ortho intramolecular Hbond substituents is 2. The Labute approximate surface area is 155 Å². The molecular formula is C21H30O5. The highest BCUT2D eigenvalue weighted by molar-refractivity contribution is 6.03. The van der Waals surface area contributed by atoms with Gasteiger partial charge in [0.1, 0.15) is 28.4 Å². The van der Waals surface area contributed by atoms with Crippen LogP contribution in [0.4, 0.5) is 0 Å².